The molecule has 1 aromatic rings. The van der Waals surface area contributed by atoms with Crippen molar-refractivity contribution in [2.24, 2.45) is 0 Å². The first kappa shape index (κ1) is 14.2. The van der Waals surface area contributed by atoms with Gasteiger partial charge in [0.15, 0.2) is 0 Å². The third-order valence-electron chi connectivity index (χ3n) is 2.48. The van der Waals surface area contributed by atoms with Gasteiger partial charge in [-0.3, -0.25) is 4.90 Å². The molecule has 0 N–H and O–H groups in total. The zero-order chi connectivity index (χ0) is 12.8. The van der Waals surface area contributed by atoms with E-state index in [1.807, 2.05) is 0 Å². The fourth-order valence-corrected chi connectivity index (χ4v) is 1.80. The van der Waals surface area contributed by atoms with Gasteiger partial charge in [-0.05, 0) is 26.0 Å². The van der Waals surface area contributed by atoms with Crippen molar-refractivity contribution in [3.05, 3.63) is 28.0 Å². The Morgan fingerprint density at radius 1 is 1.41 bits per heavy atom. The number of hydrogen-bond acceptors (Lipinski definition) is 3. The predicted molar refractivity (Wildman–Crippen MR) is 70.0 cm³/mol. The Labute approximate surface area is 112 Å². The molecular formula is C12H15Cl2N3. The zero-order valence-electron chi connectivity index (χ0n) is 9.95. The molecule has 0 saturated heterocycles. The molecule has 0 aromatic carbocycles. The van der Waals surface area contributed by atoms with Crippen LogP contribution < -0.4 is 0 Å². The molecule has 1 heterocycles. The molecule has 0 atom stereocenters. The summed E-state index contributed by atoms with van der Waals surface area (Å²) >= 11 is 11.9. The number of nitrogens with zero attached hydrogens (tertiary/aromatic N) is 3. The van der Waals surface area contributed by atoms with Gasteiger partial charge in [-0.25, -0.2) is 4.98 Å². The van der Waals surface area contributed by atoms with Gasteiger partial charge in [0, 0.05) is 25.6 Å². The summed E-state index contributed by atoms with van der Waals surface area (Å²) in [5, 5.41) is 9.67. The van der Waals surface area contributed by atoms with Gasteiger partial charge in [-0.2, -0.15) is 5.26 Å². The highest BCUT2D eigenvalue weighted by Crippen LogP contribution is 2.19. The Morgan fingerprint density at radius 3 is 2.71 bits per heavy atom. The van der Waals surface area contributed by atoms with E-state index in [9.17, 15) is 0 Å². The Kier molecular flexibility index (Phi) is 5.70. The van der Waals surface area contributed by atoms with Gasteiger partial charge in [0.2, 0.25) is 0 Å². The van der Waals surface area contributed by atoms with E-state index in [2.05, 4.69) is 29.8 Å². The fraction of sp³-hybridized carbons (Fsp3) is 0.500. The SMILES string of the molecule is CC(C)N(CCC#N)Cc1nc(Cl)ccc1Cl. The van der Waals surface area contributed by atoms with Gasteiger partial charge in [0.05, 0.1) is 16.8 Å². The Hall–Kier alpha value is -0.820. The van der Waals surface area contributed by atoms with E-state index in [-0.39, 0.29) is 0 Å². The predicted octanol–water partition coefficient (Wildman–Crippen LogP) is 3.51. The van der Waals surface area contributed by atoms with Gasteiger partial charge in [0.1, 0.15) is 5.15 Å². The number of halogens is 2. The van der Waals surface area contributed by atoms with Crippen molar-refractivity contribution in [2.45, 2.75) is 32.9 Å². The first-order valence-electron chi connectivity index (χ1n) is 5.46. The van der Waals surface area contributed by atoms with Crippen molar-refractivity contribution in [1.82, 2.24) is 9.88 Å². The molecule has 0 spiro atoms. The van der Waals surface area contributed by atoms with Crippen LogP contribution >= 0.6 is 23.2 Å². The topological polar surface area (TPSA) is 39.9 Å². The third-order valence-corrected chi connectivity index (χ3v) is 3.03. The first-order chi connectivity index (χ1) is 8.04. The molecule has 1 aromatic heterocycles. The first-order valence-corrected chi connectivity index (χ1v) is 6.22. The van der Waals surface area contributed by atoms with E-state index >= 15 is 0 Å². The van der Waals surface area contributed by atoms with Crippen LogP contribution in [0.5, 0.6) is 0 Å². The summed E-state index contributed by atoms with van der Waals surface area (Å²) in [7, 11) is 0. The van der Waals surface area contributed by atoms with E-state index in [4.69, 9.17) is 28.5 Å². The smallest absolute Gasteiger partial charge is 0.129 e. The number of aromatic nitrogens is 1. The summed E-state index contributed by atoms with van der Waals surface area (Å²) in [6.45, 7) is 5.48. The number of rotatable bonds is 5. The molecule has 0 aliphatic rings. The maximum absolute atomic E-state index is 8.62. The fourth-order valence-electron chi connectivity index (χ4n) is 1.47. The van der Waals surface area contributed by atoms with Crippen molar-refractivity contribution in [3.63, 3.8) is 0 Å². The van der Waals surface area contributed by atoms with Crippen LogP contribution in [0.4, 0.5) is 0 Å². The molecule has 0 bridgehead atoms. The Balaban J connectivity index is 2.78. The van der Waals surface area contributed by atoms with Crippen LogP contribution in [0.15, 0.2) is 12.1 Å². The summed E-state index contributed by atoms with van der Waals surface area (Å²) < 4.78 is 0. The number of pyridine rings is 1. The third kappa shape index (κ3) is 4.51. The summed E-state index contributed by atoms with van der Waals surface area (Å²) in [6, 6.07) is 5.89. The minimum Gasteiger partial charge on any atom is -0.294 e. The second-order valence-corrected chi connectivity index (χ2v) is 4.83. The normalized spacial score (nSPS) is 10.9. The van der Waals surface area contributed by atoms with Crippen LogP contribution in [0.2, 0.25) is 10.2 Å². The Bertz CT molecular complexity index is 413. The zero-order valence-corrected chi connectivity index (χ0v) is 11.5. The van der Waals surface area contributed by atoms with Gasteiger partial charge < -0.3 is 0 Å². The standard InChI is InChI=1S/C12H15Cl2N3/c1-9(2)17(7-3-6-15)8-11-10(13)4-5-12(14)16-11/h4-5,9H,3,7-8H2,1-2H3. The maximum Gasteiger partial charge on any atom is 0.129 e. The summed E-state index contributed by atoms with van der Waals surface area (Å²) in [5.74, 6) is 0. The molecule has 0 aliphatic carbocycles. The summed E-state index contributed by atoms with van der Waals surface area (Å²) in [6.07, 6.45) is 0.496. The lowest BCUT2D eigenvalue weighted by Crippen LogP contribution is -2.31. The second-order valence-electron chi connectivity index (χ2n) is 4.03. The highest BCUT2D eigenvalue weighted by atomic mass is 35.5. The van der Waals surface area contributed by atoms with Crippen molar-refractivity contribution in [1.29, 1.82) is 5.26 Å². The average molecular weight is 272 g/mol. The lowest BCUT2D eigenvalue weighted by molar-refractivity contribution is 0.215. The largest absolute Gasteiger partial charge is 0.294 e. The number of hydrogen-bond donors (Lipinski definition) is 0. The van der Waals surface area contributed by atoms with Crippen LogP contribution in [0, 0.1) is 11.3 Å². The average Bonchev–Trinajstić information content (AvgIpc) is 2.28. The highest BCUT2D eigenvalue weighted by molar-refractivity contribution is 6.32. The molecule has 3 nitrogen and oxygen atoms in total. The molecule has 0 unspecified atom stereocenters. The van der Waals surface area contributed by atoms with Crippen LogP contribution in [0.3, 0.4) is 0 Å². The lowest BCUT2D eigenvalue weighted by atomic mass is 10.2. The molecule has 1 rings (SSSR count). The molecule has 0 radical (unpaired) electrons. The van der Waals surface area contributed by atoms with Gasteiger partial charge in [0.25, 0.3) is 0 Å². The number of nitriles is 1. The molecule has 92 valence electrons. The van der Waals surface area contributed by atoms with E-state index in [0.29, 0.717) is 35.7 Å². The second kappa shape index (κ2) is 6.80. The van der Waals surface area contributed by atoms with Gasteiger partial charge in [-0.15, -0.1) is 0 Å². The molecule has 0 aliphatic heterocycles. The van der Waals surface area contributed by atoms with E-state index in [1.165, 1.54) is 0 Å². The monoisotopic (exact) mass is 271 g/mol. The van der Waals surface area contributed by atoms with Crippen LogP contribution in [-0.4, -0.2) is 22.5 Å². The van der Waals surface area contributed by atoms with Crippen molar-refractivity contribution in [2.75, 3.05) is 6.54 Å². The minimum atomic E-state index is 0.334. The molecule has 0 saturated carbocycles. The molecule has 0 amide bonds. The van der Waals surface area contributed by atoms with Gasteiger partial charge >= 0.3 is 0 Å². The lowest BCUT2D eigenvalue weighted by Gasteiger charge is -2.25. The summed E-state index contributed by atoms with van der Waals surface area (Å²) in [4.78, 5) is 6.36. The van der Waals surface area contributed by atoms with Crippen LogP contribution in [0.1, 0.15) is 26.0 Å². The Morgan fingerprint density at radius 2 is 2.12 bits per heavy atom. The molecule has 17 heavy (non-hydrogen) atoms. The van der Waals surface area contributed by atoms with Gasteiger partial charge in [-0.1, -0.05) is 23.2 Å². The van der Waals surface area contributed by atoms with Crippen molar-refractivity contribution in [3.8, 4) is 6.07 Å². The van der Waals surface area contributed by atoms with E-state index < -0.39 is 0 Å². The van der Waals surface area contributed by atoms with E-state index in [0.717, 1.165) is 5.69 Å². The van der Waals surface area contributed by atoms with E-state index in [1.54, 1.807) is 12.1 Å². The minimum absolute atomic E-state index is 0.334. The van der Waals surface area contributed by atoms with Crippen LogP contribution in [-0.2, 0) is 6.54 Å². The highest BCUT2D eigenvalue weighted by Gasteiger charge is 2.13. The molecule has 0 fully saturated rings. The summed E-state index contributed by atoms with van der Waals surface area (Å²) in [5.41, 5.74) is 0.755. The van der Waals surface area contributed by atoms with Crippen molar-refractivity contribution >= 4 is 23.2 Å². The molecular weight excluding hydrogens is 257 g/mol. The van der Waals surface area contributed by atoms with Crippen molar-refractivity contribution < 1.29 is 0 Å². The quantitative estimate of drug-likeness (QED) is 0.770. The maximum atomic E-state index is 8.62. The molecule has 5 heteroatoms. The van der Waals surface area contributed by atoms with Crippen LogP contribution in [0.25, 0.3) is 0 Å².